The number of hydrogen-bond donors (Lipinski definition) is 2. The first-order chi connectivity index (χ1) is 8.26. The van der Waals surface area contributed by atoms with Crippen molar-refractivity contribution in [1.82, 2.24) is 15.0 Å². The van der Waals surface area contributed by atoms with Crippen LogP contribution in [0.1, 0.15) is 26.7 Å². The number of aromatic nitrogens is 3. The van der Waals surface area contributed by atoms with E-state index in [1.807, 2.05) is 0 Å². The van der Waals surface area contributed by atoms with Gasteiger partial charge in [-0.05, 0) is 20.3 Å². The van der Waals surface area contributed by atoms with Gasteiger partial charge < -0.3 is 10.8 Å². The van der Waals surface area contributed by atoms with E-state index in [9.17, 15) is 13.2 Å². The summed E-state index contributed by atoms with van der Waals surface area (Å²) in [7, 11) is -3.56. The number of nitrogens with zero attached hydrogens (tertiary/aromatic N) is 3. The lowest BCUT2D eigenvalue weighted by Crippen LogP contribution is -2.16. The lowest BCUT2D eigenvalue weighted by Gasteiger charge is -2.05. The van der Waals surface area contributed by atoms with E-state index >= 15 is 0 Å². The first-order valence-electron chi connectivity index (χ1n) is 5.41. The van der Waals surface area contributed by atoms with Crippen molar-refractivity contribution in [2.24, 2.45) is 0 Å². The molecule has 1 heterocycles. The molecule has 0 radical (unpaired) electrons. The molecular formula is C9H16N4O4S. The quantitative estimate of drug-likeness (QED) is 0.742. The van der Waals surface area contributed by atoms with Crippen LogP contribution < -0.4 is 5.73 Å². The molecule has 1 aromatic heterocycles. The Morgan fingerprint density at radius 2 is 2.11 bits per heavy atom. The van der Waals surface area contributed by atoms with Crippen LogP contribution in [0.15, 0.2) is 5.03 Å². The largest absolute Gasteiger partial charge is 0.481 e. The molecule has 0 spiro atoms. The number of anilines is 1. The third kappa shape index (κ3) is 2.97. The molecule has 0 aliphatic carbocycles. The van der Waals surface area contributed by atoms with Crippen LogP contribution in [0.4, 0.5) is 5.82 Å². The van der Waals surface area contributed by atoms with Crippen molar-refractivity contribution in [2.75, 3.05) is 5.73 Å². The third-order valence-corrected chi connectivity index (χ3v) is 4.46. The zero-order valence-corrected chi connectivity index (χ0v) is 11.0. The summed E-state index contributed by atoms with van der Waals surface area (Å²) in [6.45, 7) is 3.27. The van der Waals surface area contributed by atoms with Crippen molar-refractivity contribution in [2.45, 2.75) is 43.5 Å². The first kappa shape index (κ1) is 14.4. The molecule has 0 bridgehead atoms. The number of nitrogen functional groups attached to an aromatic ring is 1. The zero-order chi connectivity index (χ0) is 13.9. The van der Waals surface area contributed by atoms with E-state index in [-0.39, 0.29) is 23.8 Å². The number of hydrogen-bond acceptors (Lipinski definition) is 6. The summed E-state index contributed by atoms with van der Waals surface area (Å²) in [6, 6.07) is 0. The van der Waals surface area contributed by atoms with Gasteiger partial charge in [-0.25, -0.2) is 13.1 Å². The standard InChI is InChI=1S/C9H16N4O4S/c1-6(2)18(16,17)9-8(10)13(12-11-9)5-3-4-7(14)15/h6H,3-5,10H2,1-2H3,(H,14,15). The molecule has 0 aliphatic rings. The number of carboxylic acid groups (broad SMARTS) is 1. The molecule has 0 amide bonds. The van der Waals surface area contributed by atoms with Crippen molar-refractivity contribution in [1.29, 1.82) is 0 Å². The van der Waals surface area contributed by atoms with Gasteiger partial charge in [0, 0.05) is 13.0 Å². The molecular weight excluding hydrogens is 260 g/mol. The van der Waals surface area contributed by atoms with E-state index in [4.69, 9.17) is 10.8 Å². The summed E-state index contributed by atoms with van der Waals surface area (Å²) in [6.07, 6.45) is 0.273. The maximum absolute atomic E-state index is 11.9. The molecule has 0 aliphatic heterocycles. The smallest absolute Gasteiger partial charge is 0.303 e. The van der Waals surface area contributed by atoms with E-state index in [1.54, 1.807) is 0 Å². The van der Waals surface area contributed by atoms with Crippen LogP contribution in [-0.4, -0.2) is 39.7 Å². The van der Waals surface area contributed by atoms with Gasteiger partial charge in [0.1, 0.15) is 0 Å². The summed E-state index contributed by atoms with van der Waals surface area (Å²) in [4.78, 5) is 10.4. The summed E-state index contributed by atoms with van der Waals surface area (Å²) in [5, 5.41) is 14.8. The number of aryl methyl sites for hydroxylation is 1. The Morgan fingerprint density at radius 1 is 1.50 bits per heavy atom. The van der Waals surface area contributed by atoms with Crippen molar-refractivity contribution in [3.63, 3.8) is 0 Å². The van der Waals surface area contributed by atoms with Crippen LogP contribution in [0, 0.1) is 0 Å². The fraction of sp³-hybridized carbons (Fsp3) is 0.667. The molecule has 1 aromatic rings. The SMILES string of the molecule is CC(C)S(=O)(=O)c1nnn(CCCC(=O)O)c1N. The summed E-state index contributed by atoms with van der Waals surface area (Å²) >= 11 is 0. The molecule has 102 valence electrons. The lowest BCUT2D eigenvalue weighted by molar-refractivity contribution is -0.137. The van der Waals surface area contributed by atoms with Crippen LogP contribution in [-0.2, 0) is 21.2 Å². The molecule has 0 fully saturated rings. The summed E-state index contributed by atoms with van der Waals surface area (Å²) in [5.74, 6) is -0.974. The molecule has 3 N–H and O–H groups in total. The summed E-state index contributed by atoms with van der Waals surface area (Å²) in [5.41, 5.74) is 5.66. The lowest BCUT2D eigenvalue weighted by atomic mass is 10.3. The highest BCUT2D eigenvalue weighted by Crippen LogP contribution is 2.19. The topological polar surface area (TPSA) is 128 Å². The number of nitrogens with two attached hydrogens (primary N) is 1. The fourth-order valence-corrected chi connectivity index (χ4v) is 2.27. The van der Waals surface area contributed by atoms with Gasteiger partial charge in [0.15, 0.2) is 5.82 Å². The summed E-state index contributed by atoms with van der Waals surface area (Å²) < 4.78 is 24.9. The van der Waals surface area contributed by atoms with Crippen LogP contribution in [0.3, 0.4) is 0 Å². The van der Waals surface area contributed by atoms with Crippen LogP contribution in [0.5, 0.6) is 0 Å². The van der Waals surface area contributed by atoms with E-state index in [1.165, 1.54) is 18.5 Å². The molecule has 8 nitrogen and oxygen atoms in total. The Bertz CT molecular complexity index is 535. The van der Waals surface area contributed by atoms with Crippen LogP contribution in [0.25, 0.3) is 0 Å². The van der Waals surface area contributed by atoms with E-state index in [0.29, 0.717) is 6.42 Å². The van der Waals surface area contributed by atoms with Crippen molar-refractivity contribution in [3.8, 4) is 0 Å². The number of aliphatic carboxylic acids is 1. The Balaban J connectivity index is 2.88. The van der Waals surface area contributed by atoms with Gasteiger partial charge in [-0.3, -0.25) is 4.79 Å². The highest BCUT2D eigenvalue weighted by Gasteiger charge is 2.27. The van der Waals surface area contributed by atoms with Gasteiger partial charge in [-0.2, -0.15) is 0 Å². The average Bonchev–Trinajstić information content (AvgIpc) is 2.60. The Morgan fingerprint density at radius 3 is 2.61 bits per heavy atom. The average molecular weight is 276 g/mol. The fourth-order valence-electron chi connectivity index (χ4n) is 1.28. The number of carboxylic acids is 1. The maximum atomic E-state index is 11.9. The normalized spacial score (nSPS) is 11.9. The first-order valence-corrected chi connectivity index (χ1v) is 6.96. The van der Waals surface area contributed by atoms with Crippen LogP contribution in [0.2, 0.25) is 0 Å². The van der Waals surface area contributed by atoms with E-state index in [2.05, 4.69) is 10.3 Å². The second-order valence-corrected chi connectivity index (χ2v) is 6.51. The van der Waals surface area contributed by atoms with Gasteiger partial charge in [-0.1, -0.05) is 5.21 Å². The van der Waals surface area contributed by atoms with Crippen molar-refractivity contribution < 1.29 is 18.3 Å². The van der Waals surface area contributed by atoms with Gasteiger partial charge >= 0.3 is 5.97 Å². The Hall–Kier alpha value is -1.64. The van der Waals surface area contributed by atoms with Gasteiger partial charge in [-0.15, -0.1) is 5.10 Å². The number of carbonyl (C=O) groups is 1. The van der Waals surface area contributed by atoms with Gasteiger partial charge in [0.25, 0.3) is 0 Å². The van der Waals surface area contributed by atoms with Crippen molar-refractivity contribution >= 4 is 21.6 Å². The van der Waals surface area contributed by atoms with Crippen LogP contribution >= 0.6 is 0 Å². The molecule has 0 saturated heterocycles. The number of rotatable bonds is 6. The molecule has 0 unspecified atom stereocenters. The highest BCUT2D eigenvalue weighted by molar-refractivity contribution is 7.92. The highest BCUT2D eigenvalue weighted by atomic mass is 32.2. The Labute approximate surface area is 105 Å². The zero-order valence-electron chi connectivity index (χ0n) is 10.2. The second-order valence-electron chi connectivity index (χ2n) is 4.09. The molecule has 1 rings (SSSR count). The minimum atomic E-state index is -3.56. The predicted molar refractivity (Wildman–Crippen MR) is 63.6 cm³/mol. The van der Waals surface area contributed by atoms with Crippen molar-refractivity contribution in [3.05, 3.63) is 0 Å². The second kappa shape index (κ2) is 5.34. The van der Waals surface area contributed by atoms with E-state index in [0.717, 1.165) is 0 Å². The predicted octanol–water partition coefficient (Wildman–Crippen LogP) is -0.0928. The Kier molecular flexibility index (Phi) is 4.28. The van der Waals surface area contributed by atoms with E-state index < -0.39 is 21.1 Å². The monoisotopic (exact) mass is 276 g/mol. The molecule has 9 heteroatoms. The molecule has 0 saturated carbocycles. The third-order valence-electron chi connectivity index (χ3n) is 2.39. The minimum Gasteiger partial charge on any atom is -0.481 e. The molecule has 0 atom stereocenters. The molecule has 0 aromatic carbocycles. The van der Waals surface area contributed by atoms with Gasteiger partial charge in [0.05, 0.1) is 5.25 Å². The minimum absolute atomic E-state index is 0.0361. The number of sulfone groups is 1. The molecule has 18 heavy (non-hydrogen) atoms. The van der Waals surface area contributed by atoms with Gasteiger partial charge in [0.2, 0.25) is 14.9 Å². The maximum Gasteiger partial charge on any atom is 0.303 e.